The lowest BCUT2D eigenvalue weighted by Crippen LogP contribution is -2.04. The minimum atomic E-state index is 0.598. The van der Waals surface area contributed by atoms with Crippen LogP contribution in [0.4, 0.5) is 0 Å². The Morgan fingerprint density at radius 2 is 0.859 bits per heavy atom. The summed E-state index contributed by atoms with van der Waals surface area (Å²) < 4.78 is 4.77. The van der Waals surface area contributed by atoms with E-state index < -0.39 is 0 Å². The average Bonchev–Trinajstić information content (AvgIpc) is 3.87. The lowest BCUT2D eigenvalue weighted by molar-refractivity contribution is 1.06. The highest BCUT2D eigenvalue weighted by molar-refractivity contribution is 6.16. The molecule has 3 aromatic heterocycles. The van der Waals surface area contributed by atoms with Crippen molar-refractivity contribution in [2.45, 2.75) is 13.8 Å². The van der Waals surface area contributed by atoms with Crippen molar-refractivity contribution in [3.05, 3.63) is 223 Å². The van der Waals surface area contributed by atoms with Crippen LogP contribution in [0.2, 0.25) is 0 Å². The molecule has 0 bridgehead atoms. The van der Waals surface area contributed by atoms with Crippen LogP contribution in [0.1, 0.15) is 11.1 Å². The zero-order chi connectivity index (χ0) is 42.7. The van der Waals surface area contributed by atoms with Crippen molar-refractivity contribution in [2.24, 2.45) is 0 Å². The summed E-state index contributed by atoms with van der Waals surface area (Å²) in [4.78, 5) is 15.8. The molecule has 0 atom stereocenters. The minimum absolute atomic E-state index is 0.598. The summed E-state index contributed by atoms with van der Waals surface area (Å²) >= 11 is 0. The van der Waals surface area contributed by atoms with Crippen LogP contribution in [-0.2, 0) is 0 Å². The maximum absolute atomic E-state index is 5.35. The molecule has 5 heteroatoms. The second-order valence-corrected chi connectivity index (χ2v) is 16.6. The number of aryl methyl sites for hydroxylation is 2. The molecule has 302 valence electrons. The van der Waals surface area contributed by atoms with E-state index in [4.69, 9.17) is 15.0 Å². The Morgan fingerprint density at radius 1 is 0.312 bits per heavy atom. The summed E-state index contributed by atoms with van der Waals surface area (Å²) in [6.45, 7) is 4.34. The van der Waals surface area contributed by atoms with Crippen LogP contribution in [0, 0.1) is 13.8 Å². The molecule has 3 heterocycles. The van der Waals surface area contributed by atoms with E-state index in [0.717, 1.165) is 61.3 Å². The number of nitrogens with zero attached hydrogens (tertiary/aromatic N) is 5. The van der Waals surface area contributed by atoms with Gasteiger partial charge in [0, 0.05) is 43.9 Å². The first-order valence-electron chi connectivity index (χ1n) is 21.8. The van der Waals surface area contributed by atoms with Gasteiger partial charge in [-0.25, -0.2) is 15.0 Å². The first-order chi connectivity index (χ1) is 31.6. The fourth-order valence-electron chi connectivity index (χ4n) is 9.68. The normalized spacial score (nSPS) is 11.6. The smallest absolute Gasteiger partial charge is 0.166 e. The van der Waals surface area contributed by atoms with Crippen LogP contribution in [0.5, 0.6) is 0 Å². The Balaban J connectivity index is 1.16. The number of hydrogen-bond donors (Lipinski definition) is 0. The van der Waals surface area contributed by atoms with Crippen molar-refractivity contribution in [3.63, 3.8) is 0 Å². The maximum Gasteiger partial charge on any atom is 0.166 e. The van der Waals surface area contributed by atoms with E-state index in [-0.39, 0.29) is 0 Å². The van der Waals surface area contributed by atoms with Crippen molar-refractivity contribution in [1.82, 2.24) is 24.1 Å². The Kier molecular flexibility index (Phi) is 8.87. The molecule has 0 fully saturated rings. The second kappa shape index (κ2) is 15.2. The molecule has 0 spiro atoms. The van der Waals surface area contributed by atoms with Gasteiger partial charge in [0.2, 0.25) is 0 Å². The lowest BCUT2D eigenvalue weighted by atomic mass is 9.96. The van der Waals surface area contributed by atoms with Gasteiger partial charge in [-0.05, 0) is 90.7 Å². The predicted molar refractivity (Wildman–Crippen MR) is 265 cm³/mol. The Labute approximate surface area is 371 Å². The molecule has 0 amide bonds. The van der Waals surface area contributed by atoms with Gasteiger partial charge in [0.1, 0.15) is 0 Å². The fraction of sp³-hybridized carbons (Fsp3) is 0.0339. The predicted octanol–water partition coefficient (Wildman–Crippen LogP) is 15.0. The first-order valence-corrected chi connectivity index (χ1v) is 21.8. The van der Waals surface area contributed by atoms with Gasteiger partial charge in [-0.1, -0.05) is 169 Å². The summed E-state index contributed by atoms with van der Waals surface area (Å²) in [5.41, 5.74) is 16.5. The van der Waals surface area contributed by atoms with Gasteiger partial charge in [-0.15, -0.1) is 0 Å². The SMILES string of the molecule is Cc1cc(C)cc(-c2ccc3c(c2)c2ccccc2n3-c2ccc(-c3cccc4c3c3ccccc3n4-c3ccccc3)cc2-c2nc(-c3ccccc3)nc(-c3ccccc3)n2)c1. The van der Waals surface area contributed by atoms with Crippen LogP contribution < -0.4 is 0 Å². The maximum atomic E-state index is 5.35. The Hall–Kier alpha value is -8.41. The number of fused-ring (bicyclic) bond motifs is 6. The van der Waals surface area contributed by atoms with E-state index in [0.29, 0.717) is 17.5 Å². The standard InChI is InChI=1S/C59H41N5/c1-38-33-39(2)35-44(34-38)42-29-31-53-49(36-42)47-23-12-14-26-51(47)64(53)54-32-30-43(46-25-16-28-55-56(46)48-24-13-15-27-52(48)63(55)45-21-10-5-11-22-45)37-50(54)59-61-57(40-17-6-3-7-18-40)60-58(62-59)41-19-8-4-9-20-41/h3-37H,1-2H3. The topological polar surface area (TPSA) is 48.5 Å². The fourth-order valence-corrected chi connectivity index (χ4v) is 9.68. The van der Waals surface area contributed by atoms with Crippen molar-refractivity contribution in [1.29, 1.82) is 0 Å². The van der Waals surface area contributed by atoms with Crippen molar-refractivity contribution < 1.29 is 0 Å². The summed E-state index contributed by atoms with van der Waals surface area (Å²) in [6.07, 6.45) is 0. The van der Waals surface area contributed by atoms with Gasteiger partial charge >= 0.3 is 0 Å². The van der Waals surface area contributed by atoms with E-state index in [1.165, 1.54) is 43.8 Å². The zero-order valence-electron chi connectivity index (χ0n) is 35.4. The highest BCUT2D eigenvalue weighted by atomic mass is 15.1. The molecule has 0 saturated heterocycles. The summed E-state index contributed by atoms with van der Waals surface area (Å²) in [7, 11) is 0. The number of para-hydroxylation sites is 3. The summed E-state index contributed by atoms with van der Waals surface area (Å²) in [5, 5.41) is 4.76. The van der Waals surface area contributed by atoms with E-state index in [9.17, 15) is 0 Å². The third-order valence-electron chi connectivity index (χ3n) is 12.4. The molecule has 12 rings (SSSR count). The molecule has 12 aromatic rings. The molecule has 0 aliphatic rings. The monoisotopic (exact) mass is 819 g/mol. The highest BCUT2D eigenvalue weighted by Crippen LogP contribution is 2.43. The van der Waals surface area contributed by atoms with E-state index in [2.05, 4.69) is 199 Å². The Morgan fingerprint density at radius 3 is 1.55 bits per heavy atom. The lowest BCUT2D eigenvalue weighted by Gasteiger charge is -2.17. The third kappa shape index (κ3) is 6.28. The highest BCUT2D eigenvalue weighted by Gasteiger charge is 2.22. The third-order valence-corrected chi connectivity index (χ3v) is 12.4. The van der Waals surface area contributed by atoms with Gasteiger partial charge in [-0.2, -0.15) is 0 Å². The molecule has 0 N–H and O–H groups in total. The van der Waals surface area contributed by atoms with Crippen LogP contribution in [0.3, 0.4) is 0 Å². The number of rotatable bonds is 7. The quantitative estimate of drug-likeness (QED) is 0.161. The van der Waals surface area contributed by atoms with Crippen LogP contribution in [-0.4, -0.2) is 24.1 Å². The summed E-state index contributed by atoms with van der Waals surface area (Å²) in [6, 6.07) is 75.6. The van der Waals surface area contributed by atoms with Crippen molar-refractivity contribution >= 4 is 43.6 Å². The average molecular weight is 820 g/mol. The molecule has 0 aliphatic heterocycles. The first kappa shape index (κ1) is 37.4. The van der Waals surface area contributed by atoms with Gasteiger partial charge in [0.05, 0.1) is 27.8 Å². The molecular weight excluding hydrogens is 779 g/mol. The van der Waals surface area contributed by atoms with Crippen LogP contribution >= 0.6 is 0 Å². The molecule has 0 unspecified atom stereocenters. The molecule has 64 heavy (non-hydrogen) atoms. The molecule has 0 saturated carbocycles. The Bertz CT molecular complexity index is 3660. The number of hydrogen-bond acceptors (Lipinski definition) is 3. The molecule has 9 aromatic carbocycles. The van der Waals surface area contributed by atoms with Crippen LogP contribution in [0.25, 0.3) is 111 Å². The van der Waals surface area contributed by atoms with Gasteiger partial charge in [0.15, 0.2) is 17.5 Å². The van der Waals surface area contributed by atoms with Crippen molar-refractivity contribution in [3.8, 4) is 67.8 Å². The van der Waals surface area contributed by atoms with Crippen LogP contribution in [0.15, 0.2) is 212 Å². The van der Waals surface area contributed by atoms with Gasteiger partial charge in [0.25, 0.3) is 0 Å². The van der Waals surface area contributed by atoms with E-state index in [1.807, 2.05) is 36.4 Å². The largest absolute Gasteiger partial charge is 0.309 e. The zero-order valence-corrected chi connectivity index (χ0v) is 35.4. The molecule has 0 aliphatic carbocycles. The molecule has 0 radical (unpaired) electrons. The van der Waals surface area contributed by atoms with E-state index >= 15 is 0 Å². The van der Waals surface area contributed by atoms with Crippen molar-refractivity contribution in [2.75, 3.05) is 0 Å². The van der Waals surface area contributed by atoms with E-state index in [1.54, 1.807) is 0 Å². The van der Waals surface area contributed by atoms with Gasteiger partial charge < -0.3 is 9.13 Å². The summed E-state index contributed by atoms with van der Waals surface area (Å²) in [5.74, 6) is 1.84. The minimum Gasteiger partial charge on any atom is -0.309 e. The molecule has 5 nitrogen and oxygen atoms in total. The van der Waals surface area contributed by atoms with Gasteiger partial charge in [-0.3, -0.25) is 0 Å². The number of aromatic nitrogens is 5. The number of benzene rings is 9. The molecular formula is C59H41N5. The second-order valence-electron chi connectivity index (χ2n) is 16.6.